The summed E-state index contributed by atoms with van der Waals surface area (Å²) in [5.41, 5.74) is 0.925. The van der Waals surface area contributed by atoms with Crippen LogP contribution in [-0.4, -0.2) is 69.2 Å². The van der Waals surface area contributed by atoms with Gasteiger partial charge in [-0.2, -0.15) is 0 Å². The van der Waals surface area contributed by atoms with Gasteiger partial charge >= 0.3 is 0 Å². The maximum Gasteiger partial charge on any atom is 0.251 e. The Kier molecular flexibility index (Phi) is 9.96. The van der Waals surface area contributed by atoms with E-state index in [0.717, 1.165) is 36.1 Å². The number of likely N-dealkylation sites (tertiary alicyclic amines) is 1. The maximum atomic E-state index is 13.7. The number of carbonyl (C=O) groups excluding carboxylic acids is 3. The first-order chi connectivity index (χ1) is 18.0. The Morgan fingerprint density at radius 2 is 1.73 bits per heavy atom. The lowest BCUT2D eigenvalue weighted by Crippen LogP contribution is -2.56. The molecule has 37 heavy (non-hydrogen) atoms. The van der Waals surface area contributed by atoms with Crippen molar-refractivity contribution in [1.29, 1.82) is 0 Å². The van der Waals surface area contributed by atoms with Crippen LogP contribution < -0.4 is 10.6 Å². The van der Waals surface area contributed by atoms with E-state index in [0.29, 0.717) is 25.8 Å². The number of pyridine rings is 1. The van der Waals surface area contributed by atoms with E-state index < -0.39 is 24.1 Å². The molecule has 0 spiro atoms. The van der Waals surface area contributed by atoms with Crippen molar-refractivity contribution >= 4 is 29.5 Å². The quantitative estimate of drug-likeness (QED) is 0.412. The van der Waals surface area contributed by atoms with Crippen LogP contribution in [0.5, 0.6) is 0 Å². The SMILES string of the molecule is O=C(CSc1ccncc1)N[C@@H](Cc1ccccc1)C(=O)N1CCCC1C(O)C(=O)NC1CCCCC1. The van der Waals surface area contributed by atoms with Crippen LogP contribution in [0, 0.1) is 0 Å². The van der Waals surface area contributed by atoms with Crippen molar-refractivity contribution in [3.63, 3.8) is 0 Å². The summed E-state index contributed by atoms with van der Waals surface area (Å²) < 4.78 is 0. The largest absolute Gasteiger partial charge is 0.381 e. The van der Waals surface area contributed by atoms with E-state index in [4.69, 9.17) is 0 Å². The van der Waals surface area contributed by atoms with Crippen LogP contribution in [0.2, 0.25) is 0 Å². The number of nitrogens with one attached hydrogen (secondary N) is 2. The van der Waals surface area contributed by atoms with Gasteiger partial charge in [0.05, 0.1) is 11.8 Å². The third-order valence-corrected chi connectivity index (χ3v) is 8.11. The zero-order valence-corrected chi connectivity index (χ0v) is 21.9. The summed E-state index contributed by atoms with van der Waals surface area (Å²) in [5, 5.41) is 16.8. The number of aliphatic hydroxyl groups is 1. The van der Waals surface area contributed by atoms with Crippen LogP contribution in [-0.2, 0) is 20.8 Å². The summed E-state index contributed by atoms with van der Waals surface area (Å²) in [4.78, 5) is 45.9. The molecule has 2 aromatic rings. The first kappa shape index (κ1) is 27.1. The van der Waals surface area contributed by atoms with E-state index in [9.17, 15) is 19.5 Å². The van der Waals surface area contributed by atoms with Crippen LogP contribution in [0.25, 0.3) is 0 Å². The topological polar surface area (TPSA) is 112 Å². The first-order valence-corrected chi connectivity index (χ1v) is 14.1. The van der Waals surface area contributed by atoms with Gasteiger partial charge in [0.25, 0.3) is 5.91 Å². The molecule has 1 aliphatic heterocycles. The number of hydrogen-bond acceptors (Lipinski definition) is 6. The van der Waals surface area contributed by atoms with Gasteiger partial charge in [0.15, 0.2) is 6.10 Å². The van der Waals surface area contributed by atoms with E-state index in [1.807, 2.05) is 42.5 Å². The highest BCUT2D eigenvalue weighted by molar-refractivity contribution is 8.00. The molecule has 1 saturated carbocycles. The van der Waals surface area contributed by atoms with Gasteiger partial charge < -0.3 is 20.6 Å². The van der Waals surface area contributed by atoms with Gasteiger partial charge in [-0.15, -0.1) is 11.8 Å². The van der Waals surface area contributed by atoms with E-state index in [1.165, 1.54) is 18.2 Å². The van der Waals surface area contributed by atoms with Crippen LogP contribution in [0.3, 0.4) is 0 Å². The molecule has 1 aromatic carbocycles. The van der Waals surface area contributed by atoms with Gasteiger partial charge in [-0.05, 0) is 43.4 Å². The van der Waals surface area contributed by atoms with Crippen LogP contribution in [0.15, 0.2) is 59.8 Å². The average molecular weight is 525 g/mol. The van der Waals surface area contributed by atoms with Gasteiger partial charge in [-0.25, -0.2) is 0 Å². The van der Waals surface area contributed by atoms with Crippen molar-refractivity contribution in [3.8, 4) is 0 Å². The van der Waals surface area contributed by atoms with E-state index in [1.54, 1.807) is 17.3 Å². The zero-order valence-electron chi connectivity index (χ0n) is 21.1. The van der Waals surface area contributed by atoms with Crippen molar-refractivity contribution in [2.75, 3.05) is 12.3 Å². The van der Waals surface area contributed by atoms with Crippen LogP contribution >= 0.6 is 11.8 Å². The van der Waals surface area contributed by atoms with Gasteiger partial charge in [-0.3, -0.25) is 19.4 Å². The molecule has 2 heterocycles. The fourth-order valence-electron chi connectivity index (χ4n) is 5.17. The molecule has 2 unspecified atom stereocenters. The molecule has 2 aliphatic rings. The number of thioether (sulfide) groups is 1. The predicted octanol–water partition coefficient (Wildman–Crippen LogP) is 2.70. The van der Waals surface area contributed by atoms with E-state index in [-0.39, 0.29) is 23.6 Å². The Morgan fingerprint density at radius 3 is 2.46 bits per heavy atom. The molecular formula is C28H36N4O4S. The highest BCUT2D eigenvalue weighted by Gasteiger charge is 2.40. The third-order valence-electron chi connectivity index (χ3n) is 7.10. The second kappa shape index (κ2) is 13.6. The summed E-state index contributed by atoms with van der Waals surface area (Å²) >= 11 is 1.38. The fraction of sp³-hybridized carbons (Fsp3) is 0.500. The summed E-state index contributed by atoms with van der Waals surface area (Å²) in [6, 6.07) is 11.9. The number of aromatic nitrogens is 1. The normalized spacial score (nSPS) is 19.7. The minimum Gasteiger partial charge on any atom is -0.381 e. The molecule has 3 atom stereocenters. The summed E-state index contributed by atoms with van der Waals surface area (Å²) in [7, 11) is 0. The molecule has 4 rings (SSSR count). The van der Waals surface area contributed by atoms with Crippen molar-refractivity contribution in [3.05, 3.63) is 60.4 Å². The standard InChI is InChI=1S/C28H36N4O4S/c33-25(19-37-22-13-15-29-16-14-22)31-23(18-20-8-3-1-4-9-20)28(36)32-17-7-12-24(32)26(34)27(35)30-21-10-5-2-6-11-21/h1,3-4,8-9,13-16,21,23-24,26,34H,2,5-7,10-12,17-19H2,(H,30,35)(H,31,33)/t23-,24?,26?/m0/s1. The Balaban J connectivity index is 1.42. The number of nitrogens with zero attached hydrogens (tertiary/aromatic N) is 2. The number of rotatable bonds is 10. The summed E-state index contributed by atoms with van der Waals surface area (Å²) in [6.45, 7) is 0.449. The average Bonchev–Trinajstić information content (AvgIpc) is 3.42. The molecule has 3 amide bonds. The molecular weight excluding hydrogens is 488 g/mol. The lowest BCUT2D eigenvalue weighted by atomic mass is 9.95. The number of hydrogen-bond donors (Lipinski definition) is 3. The molecule has 1 aromatic heterocycles. The summed E-state index contributed by atoms with van der Waals surface area (Å²) in [6.07, 6.45) is 8.82. The number of benzene rings is 1. The molecule has 1 aliphatic carbocycles. The molecule has 0 radical (unpaired) electrons. The predicted molar refractivity (Wildman–Crippen MR) is 143 cm³/mol. The number of carbonyl (C=O) groups is 3. The van der Waals surface area contributed by atoms with Gasteiger partial charge in [-0.1, -0.05) is 49.6 Å². The zero-order chi connectivity index (χ0) is 26.0. The van der Waals surface area contributed by atoms with Crippen molar-refractivity contribution in [2.45, 2.75) is 80.5 Å². The molecule has 9 heteroatoms. The van der Waals surface area contributed by atoms with E-state index >= 15 is 0 Å². The fourth-order valence-corrected chi connectivity index (χ4v) is 5.87. The molecule has 0 bridgehead atoms. The molecule has 8 nitrogen and oxygen atoms in total. The minimum atomic E-state index is -1.29. The molecule has 198 valence electrons. The highest BCUT2D eigenvalue weighted by atomic mass is 32.2. The smallest absolute Gasteiger partial charge is 0.251 e. The monoisotopic (exact) mass is 524 g/mol. The van der Waals surface area contributed by atoms with E-state index in [2.05, 4.69) is 15.6 Å². The number of aliphatic hydroxyl groups excluding tert-OH is 1. The molecule has 1 saturated heterocycles. The van der Waals surface area contributed by atoms with Gasteiger partial charge in [0, 0.05) is 36.3 Å². The third kappa shape index (κ3) is 7.79. The Hall–Kier alpha value is -2.91. The van der Waals surface area contributed by atoms with Crippen molar-refractivity contribution < 1.29 is 19.5 Å². The highest BCUT2D eigenvalue weighted by Crippen LogP contribution is 2.24. The van der Waals surface area contributed by atoms with Crippen molar-refractivity contribution in [1.82, 2.24) is 20.5 Å². The van der Waals surface area contributed by atoms with Crippen molar-refractivity contribution in [2.24, 2.45) is 0 Å². The van der Waals surface area contributed by atoms with Gasteiger partial charge in [0.2, 0.25) is 11.8 Å². The second-order valence-electron chi connectivity index (χ2n) is 9.81. The summed E-state index contributed by atoms with van der Waals surface area (Å²) in [5.74, 6) is -0.757. The number of amides is 3. The van der Waals surface area contributed by atoms with Gasteiger partial charge in [0.1, 0.15) is 6.04 Å². The Bertz CT molecular complexity index is 1030. The minimum absolute atomic E-state index is 0.0875. The van der Waals surface area contributed by atoms with Crippen LogP contribution in [0.4, 0.5) is 0 Å². The Labute approximate surface area is 222 Å². The molecule has 3 N–H and O–H groups in total. The second-order valence-corrected chi connectivity index (χ2v) is 10.9. The lowest BCUT2D eigenvalue weighted by molar-refractivity contribution is -0.142. The first-order valence-electron chi connectivity index (χ1n) is 13.2. The van der Waals surface area contributed by atoms with Crippen LogP contribution in [0.1, 0.15) is 50.5 Å². The molecule has 2 fully saturated rings. The maximum absolute atomic E-state index is 13.7. The lowest BCUT2D eigenvalue weighted by Gasteiger charge is -2.32. The Morgan fingerprint density at radius 1 is 1.00 bits per heavy atom.